The SMILES string of the molecule is CS(=O)(=O)c1ccc2nc(NC(=O)c3cnc(-c4ccc(Cl)cc4)[nH]c3=O)sc2c1. The van der Waals surface area contributed by atoms with Gasteiger partial charge in [0.15, 0.2) is 15.0 Å². The molecule has 2 heterocycles. The molecular weight excluding hydrogens is 448 g/mol. The van der Waals surface area contributed by atoms with E-state index in [9.17, 15) is 18.0 Å². The fourth-order valence-electron chi connectivity index (χ4n) is 2.66. The summed E-state index contributed by atoms with van der Waals surface area (Å²) in [6.45, 7) is 0. The van der Waals surface area contributed by atoms with E-state index in [1.807, 2.05) is 0 Å². The number of rotatable bonds is 4. The van der Waals surface area contributed by atoms with Crippen LogP contribution in [0.3, 0.4) is 0 Å². The summed E-state index contributed by atoms with van der Waals surface area (Å²) >= 11 is 6.96. The number of hydrogen-bond acceptors (Lipinski definition) is 7. The summed E-state index contributed by atoms with van der Waals surface area (Å²) in [5.41, 5.74) is 0.404. The molecule has 2 aromatic heterocycles. The average molecular weight is 461 g/mol. The normalized spacial score (nSPS) is 11.5. The van der Waals surface area contributed by atoms with Crippen molar-refractivity contribution in [3.8, 4) is 11.4 Å². The molecule has 0 aliphatic heterocycles. The number of anilines is 1. The van der Waals surface area contributed by atoms with Crippen molar-refractivity contribution in [3.05, 3.63) is 69.6 Å². The molecule has 0 radical (unpaired) electrons. The number of fused-ring (bicyclic) bond motifs is 1. The number of nitrogens with one attached hydrogen (secondary N) is 2. The zero-order valence-electron chi connectivity index (χ0n) is 15.3. The van der Waals surface area contributed by atoms with Crippen LogP contribution in [0.2, 0.25) is 5.02 Å². The quantitative estimate of drug-likeness (QED) is 0.481. The van der Waals surface area contributed by atoms with Crippen molar-refractivity contribution in [1.29, 1.82) is 0 Å². The lowest BCUT2D eigenvalue weighted by Crippen LogP contribution is -2.24. The molecule has 0 aliphatic carbocycles. The Kier molecular flexibility index (Phi) is 5.14. The van der Waals surface area contributed by atoms with Crippen LogP contribution in [0.1, 0.15) is 10.4 Å². The van der Waals surface area contributed by atoms with E-state index in [0.29, 0.717) is 26.6 Å². The third-order valence-electron chi connectivity index (χ3n) is 4.17. The highest BCUT2D eigenvalue weighted by atomic mass is 35.5. The first-order valence-electron chi connectivity index (χ1n) is 8.48. The maximum absolute atomic E-state index is 12.5. The van der Waals surface area contributed by atoms with Crippen molar-refractivity contribution < 1.29 is 13.2 Å². The van der Waals surface area contributed by atoms with E-state index in [1.54, 1.807) is 30.3 Å². The molecule has 1 amide bonds. The van der Waals surface area contributed by atoms with E-state index in [4.69, 9.17) is 11.6 Å². The summed E-state index contributed by atoms with van der Waals surface area (Å²) in [7, 11) is -3.36. The van der Waals surface area contributed by atoms with Gasteiger partial charge in [0.05, 0.1) is 15.1 Å². The second-order valence-electron chi connectivity index (χ2n) is 6.36. The van der Waals surface area contributed by atoms with Crippen LogP contribution in [-0.2, 0) is 9.84 Å². The summed E-state index contributed by atoms with van der Waals surface area (Å²) in [5.74, 6) is -0.365. The number of carbonyl (C=O) groups is 1. The Bertz CT molecular complexity index is 1440. The van der Waals surface area contributed by atoms with Crippen molar-refractivity contribution in [2.75, 3.05) is 11.6 Å². The van der Waals surface area contributed by atoms with Gasteiger partial charge in [0.2, 0.25) is 0 Å². The van der Waals surface area contributed by atoms with E-state index < -0.39 is 21.3 Å². The molecule has 0 unspecified atom stereocenters. The monoisotopic (exact) mass is 460 g/mol. The van der Waals surface area contributed by atoms with Gasteiger partial charge in [-0.1, -0.05) is 22.9 Å². The van der Waals surface area contributed by atoms with E-state index in [2.05, 4.69) is 20.3 Å². The molecular formula is C19H13ClN4O4S2. The smallest absolute Gasteiger partial charge is 0.264 e. The van der Waals surface area contributed by atoms with Crippen molar-refractivity contribution in [3.63, 3.8) is 0 Å². The number of H-pyrrole nitrogens is 1. The number of carbonyl (C=O) groups excluding carboxylic acids is 1. The van der Waals surface area contributed by atoms with E-state index in [-0.39, 0.29) is 15.6 Å². The highest BCUT2D eigenvalue weighted by Crippen LogP contribution is 2.28. The molecule has 2 aromatic carbocycles. The molecule has 0 saturated heterocycles. The van der Waals surface area contributed by atoms with Crippen LogP contribution in [0.4, 0.5) is 5.13 Å². The molecule has 0 aliphatic rings. The summed E-state index contributed by atoms with van der Waals surface area (Å²) < 4.78 is 24.0. The van der Waals surface area contributed by atoms with Crippen molar-refractivity contribution in [2.45, 2.75) is 4.90 Å². The van der Waals surface area contributed by atoms with Gasteiger partial charge in [0.1, 0.15) is 11.4 Å². The Hall–Kier alpha value is -3.08. The fraction of sp³-hybridized carbons (Fsp3) is 0.0526. The molecule has 0 spiro atoms. The van der Waals surface area contributed by atoms with Crippen LogP contribution in [0.15, 0.2) is 58.4 Å². The van der Waals surface area contributed by atoms with E-state index in [1.165, 1.54) is 18.3 Å². The molecule has 4 rings (SSSR count). The number of aromatic nitrogens is 3. The van der Waals surface area contributed by atoms with Crippen LogP contribution >= 0.6 is 22.9 Å². The summed E-state index contributed by atoms with van der Waals surface area (Å²) in [6, 6.07) is 11.2. The van der Waals surface area contributed by atoms with Crippen LogP contribution in [0.5, 0.6) is 0 Å². The molecule has 8 nitrogen and oxygen atoms in total. The first-order valence-corrected chi connectivity index (χ1v) is 11.6. The number of nitrogens with zero attached hydrogens (tertiary/aromatic N) is 2. The maximum Gasteiger partial charge on any atom is 0.264 e. The Morgan fingerprint density at radius 1 is 1.17 bits per heavy atom. The zero-order chi connectivity index (χ0) is 21.5. The second-order valence-corrected chi connectivity index (χ2v) is 9.84. The summed E-state index contributed by atoms with van der Waals surface area (Å²) in [5, 5.41) is 3.35. The first kappa shape index (κ1) is 20.2. The van der Waals surface area contributed by atoms with E-state index in [0.717, 1.165) is 17.6 Å². The van der Waals surface area contributed by atoms with Gasteiger partial charge in [-0.3, -0.25) is 14.9 Å². The molecule has 0 bridgehead atoms. The minimum atomic E-state index is -3.36. The highest BCUT2D eigenvalue weighted by molar-refractivity contribution is 7.90. The lowest BCUT2D eigenvalue weighted by molar-refractivity contribution is 0.102. The molecule has 0 atom stereocenters. The molecule has 11 heteroatoms. The third kappa shape index (κ3) is 4.11. The van der Waals surface area contributed by atoms with Gasteiger partial charge in [-0.15, -0.1) is 0 Å². The lowest BCUT2D eigenvalue weighted by Gasteiger charge is -2.03. The van der Waals surface area contributed by atoms with Gasteiger partial charge >= 0.3 is 0 Å². The number of thiazole rings is 1. The predicted octanol–water partition coefficient (Wildman–Crippen LogP) is 3.36. The summed E-state index contributed by atoms with van der Waals surface area (Å²) in [4.78, 5) is 36.0. The molecule has 0 fully saturated rings. The molecule has 4 aromatic rings. The van der Waals surface area contributed by atoms with Crippen LogP contribution in [-0.4, -0.2) is 35.5 Å². The standard InChI is InChI=1S/C19H13ClN4O4S2/c1-30(27,28)12-6-7-14-15(8-12)29-19(22-14)24-18(26)13-9-21-16(23-17(13)25)10-2-4-11(20)5-3-10/h2-9H,1H3,(H,21,23,25)(H,22,24,26). The Morgan fingerprint density at radius 3 is 2.57 bits per heavy atom. The number of halogens is 1. The van der Waals surface area contributed by atoms with Gasteiger partial charge in [0, 0.05) is 23.0 Å². The van der Waals surface area contributed by atoms with Gasteiger partial charge in [-0.05, 0) is 42.5 Å². The fourth-order valence-corrected chi connectivity index (χ4v) is 4.41. The predicted molar refractivity (Wildman–Crippen MR) is 116 cm³/mol. The topological polar surface area (TPSA) is 122 Å². The first-order chi connectivity index (χ1) is 14.2. The number of hydrogen-bond donors (Lipinski definition) is 2. The summed E-state index contributed by atoms with van der Waals surface area (Å²) in [6.07, 6.45) is 2.30. The highest BCUT2D eigenvalue weighted by Gasteiger charge is 2.16. The minimum Gasteiger partial charge on any atom is -0.306 e. The van der Waals surface area contributed by atoms with Crippen LogP contribution < -0.4 is 10.9 Å². The number of sulfone groups is 1. The van der Waals surface area contributed by atoms with Gasteiger partial charge in [0.25, 0.3) is 11.5 Å². The van der Waals surface area contributed by atoms with Crippen LogP contribution in [0.25, 0.3) is 21.6 Å². The number of amides is 1. The van der Waals surface area contributed by atoms with Crippen LogP contribution in [0, 0.1) is 0 Å². The van der Waals surface area contributed by atoms with Gasteiger partial charge < -0.3 is 4.98 Å². The van der Waals surface area contributed by atoms with Crippen molar-refractivity contribution >= 4 is 54.0 Å². The molecule has 0 saturated carbocycles. The Labute approximate surface area is 179 Å². The third-order valence-corrected chi connectivity index (χ3v) is 6.47. The molecule has 152 valence electrons. The largest absolute Gasteiger partial charge is 0.306 e. The molecule has 2 N–H and O–H groups in total. The Morgan fingerprint density at radius 2 is 1.90 bits per heavy atom. The van der Waals surface area contributed by atoms with Gasteiger partial charge in [-0.25, -0.2) is 18.4 Å². The number of benzene rings is 2. The maximum atomic E-state index is 12.5. The Balaban J connectivity index is 1.59. The van der Waals surface area contributed by atoms with E-state index >= 15 is 0 Å². The average Bonchev–Trinajstić information content (AvgIpc) is 3.09. The number of aromatic amines is 1. The molecule has 30 heavy (non-hydrogen) atoms. The lowest BCUT2D eigenvalue weighted by atomic mass is 10.2. The zero-order valence-corrected chi connectivity index (χ0v) is 17.7. The van der Waals surface area contributed by atoms with Crippen molar-refractivity contribution in [2.24, 2.45) is 0 Å². The second kappa shape index (κ2) is 7.63. The van der Waals surface area contributed by atoms with Crippen molar-refractivity contribution in [1.82, 2.24) is 15.0 Å². The van der Waals surface area contributed by atoms with Gasteiger partial charge in [-0.2, -0.15) is 0 Å². The minimum absolute atomic E-state index is 0.162.